The lowest BCUT2D eigenvalue weighted by atomic mass is 10.0. The maximum Gasteiger partial charge on any atom is 0.259 e. The molecule has 33 heavy (non-hydrogen) atoms. The van der Waals surface area contributed by atoms with E-state index in [1.165, 1.54) is 0 Å². The van der Waals surface area contributed by atoms with Gasteiger partial charge in [-0.1, -0.05) is 56.1 Å². The summed E-state index contributed by atoms with van der Waals surface area (Å²) in [5.41, 5.74) is 4.15. The number of halogens is 2. The number of benzene rings is 4. The lowest BCUT2D eigenvalue weighted by Crippen LogP contribution is -2.13. The second-order valence-corrected chi connectivity index (χ2v) is 9.37. The second kappa shape index (κ2) is 8.65. The summed E-state index contributed by atoms with van der Waals surface area (Å²) < 4.78 is 13.3. The van der Waals surface area contributed by atoms with Gasteiger partial charge in [0.05, 0.1) is 12.7 Å². The normalized spacial score (nSPS) is 11.2. The van der Waals surface area contributed by atoms with Crippen molar-refractivity contribution in [2.75, 3.05) is 12.4 Å². The van der Waals surface area contributed by atoms with E-state index in [9.17, 15) is 4.79 Å². The van der Waals surface area contributed by atoms with E-state index in [0.717, 1.165) is 30.8 Å². The van der Waals surface area contributed by atoms with Gasteiger partial charge in [-0.3, -0.25) is 4.79 Å². The van der Waals surface area contributed by atoms with Crippen LogP contribution < -0.4 is 10.1 Å². The molecule has 1 N–H and O–H groups in total. The highest BCUT2D eigenvalue weighted by Gasteiger charge is 2.17. The molecular weight excluding hydrogens is 548 g/mol. The summed E-state index contributed by atoms with van der Waals surface area (Å²) in [5.74, 6) is 0.808. The van der Waals surface area contributed by atoms with Crippen LogP contribution in [0, 0.1) is 6.92 Å². The predicted molar refractivity (Wildman–Crippen MR) is 138 cm³/mol. The van der Waals surface area contributed by atoms with Gasteiger partial charge in [-0.2, -0.15) is 0 Å². The minimum Gasteiger partial charge on any atom is -0.496 e. The summed E-state index contributed by atoms with van der Waals surface area (Å²) in [6.07, 6.45) is 0. The number of methoxy groups -OCH3 is 1. The fraction of sp³-hybridized carbons (Fsp3) is 0.0769. The van der Waals surface area contributed by atoms with E-state index in [2.05, 4.69) is 43.2 Å². The van der Waals surface area contributed by atoms with Crippen LogP contribution in [0.2, 0.25) is 0 Å². The van der Waals surface area contributed by atoms with E-state index >= 15 is 0 Å². The van der Waals surface area contributed by atoms with Crippen LogP contribution in [0.3, 0.4) is 0 Å². The SMILES string of the molecule is COc1c(C)cc(Br)cc1C(=O)Nc1ccc2oc(-c3cccc4c(Br)cccc34)nc2c1. The van der Waals surface area contributed by atoms with Crippen LogP contribution in [0.4, 0.5) is 5.69 Å². The van der Waals surface area contributed by atoms with Gasteiger partial charge in [-0.05, 0) is 65.7 Å². The van der Waals surface area contributed by atoms with Crippen LogP contribution in [0.25, 0.3) is 33.3 Å². The van der Waals surface area contributed by atoms with Crippen molar-refractivity contribution in [1.82, 2.24) is 4.98 Å². The largest absolute Gasteiger partial charge is 0.496 e. The third-order valence-corrected chi connectivity index (χ3v) is 6.58. The molecule has 7 heteroatoms. The molecule has 0 saturated heterocycles. The van der Waals surface area contributed by atoms with Crippen LogP contribution in [-0.2, 0) is 0 Å². The number of anilines is 1. The van der Waals surface area contributed by atoms with Crippen LogP contribution in [0.1, 0.15) is 15.9 Å². The minimum atomic E-state index is -0.266. The molecule has 0 atom stereocenters. The molecule has 5 aromatic rings. The number of ether oxygens (including phenoxy) is 1. The average molecular weight is 566 g/mol. The van der Waals surface area contributed by atoms with Gasteiger partial charge < -0.3 is 14.5 Å². The summed E-state index contributed by atoms with van der Waals surface area (Å²) in [6.45, 7) is 1.90. The Morgan fingerprint density at radius 2 is 1.79 bits per heavy atom. The number of aromatic nitrogens is 1. The average Bonchev–Trinajstić information content (AvgIpc) is 3.22. The van der Waals surface area contributed by atoms with Crippen LogP contribution in [0.5, 0.6) is 5.75 Å². The molecule has 0 radical (unpaired) electrons. The highest BCUT2D eigenvalue weighted by molar-refractivity contribution is 9.11. The standard InChI is InChI=1S/C26H18Br2N2O3/c1-14-11-15(27)12-20(24(14)32-2)25(31)29-16-9-10-23-22(13-16)30-26(33-23)19-7-3-6-18-17(19)5-4-8-21(18)28/h3-13H,1-2H3,(H,29,31). The van der Waals surface area contributed by atoms with Gasteiger partial charge in [0.1, 0.15) is 11.3 Å². The smallest absolute Gasteiger partial charge is 0.259 e. The van der Waals surface area contributed by atoms with Gasteiger partial charge in [0.25, 0.3) is 5.91 Å². The number of fused-ring (bicyclic) bond motifs is 2. The zero-order valence-corrected chi connectivity index (χ0v) is 21.0. The third kappa shape index (κ3) is 4.03. The van der Waals surface area contributed by atoms with Crippen molar-refractivity contribution in [1.29, 1.82) is 0 Å². The van der Waals surface area contributed by atoms with Gasteiger partial charge >= 0.3 is 0 Å². The van der Waals surface area contributed by atoms with Gasteiger partial charge in [-0.25, -0.2) is 4.98 Å². The van der Waals surface area contributed by atoms with Crippen molar-refractivity contribution in [2.45, 2.75) is 6.92 Å². The fourth-order valence-corrected chi connectivity index (χ4v) is 5.02. The fourth-order valence-electron chi connectivity index (χ4n) is 3.95. The predicted octanol–water partition coefficient (Wildman–Crippen LogP) is 7.74. The summed E-state index contributed by atoms with van der Waals surface area (Å²) in [4.78, 5) is 17.7. The first kappa shape index (κ1) is 21.7. The Balaban J connectivity index is 1.50. The molecular formula is C26H18Br2N2O3. The molecule has 0 unspecified atom stereocenters. The Morgan fingerprint density at radius 1 is 1.00 bits per heavy atom. The molecule has 0 bridgehead atoms. The molecule has 5 nitrogen and oxygen atoms in total. The molecule has 1 amide bonds. The number of nitrogens with one attached hydrogen (secondary N) is 1. The van der Waals surface area contributed by atoms with Crippen LogP contribution in [0.15, 0.2) is 80.1 Å². The van der Waals surface area contributed by atoms with E-state index in [1.807, 2.05) is 49.4 Å². The molecule has 1 heterocycles. The van der Waals surface area contributed by atoms with Gasteiger partial charge in [0, 0.05) is 20.2 Å². The van der Waals surface area contributed by atoms with E-state index < -0.39 is 0 Å². The highest BCUT2D eigenvalue weighted by atomic mass is 79.9. The lowest BCUT2D eigenvalue weighted by Gasteiger charge is -2.12. The monoisotopic (exact) mass is 564 g/mol. The lowest BCUT2D eigenvalue weighted by molar-refractivity contribution is 0.102. The maximum atomic E-state index is 13.0. The zero-order chi connectivity index (χ0) is 23.1. The molecule has 0 spiro atoms. The van der Waals surface area contributed by atoms with E-state index in [4.69, 9.17) is 14.1 Å². The number of aryl methyl sites for hydroxylation is 1. The first-order valence-corrected chi connectivity index (χ1v) is 11.8. The number of nitrogens with zero attached hydrogens (tertiary/aromatic N) is 1. The number of hydrogen-bond acceptors (Lipinski definition) is 4. The Bertz CT molecular complexity index is 1540. The number of carbonyl (C=O) groups is 1. The Morgan fingerprint density at radius 3 is 2.61 bits per heavy atom. The first-order valence-electron chi connectivity index (χ1n) is 10.2. The molecule has 0 fully saturated rings. The van der Waals surface area contributed by atoms with E-state index in [-0.39, 0.29) is 5.91 Å². The van der Waals surface area contributed by atoms with Crippen molar-refractivity contribution in [3.63, 3.8) is 0 Å². The van der Waals surface area contributed by atoms with Crippen LogP contribution in [-0.4, -0.2) is 18.0 Å². The number of carbonyl (C=O) groups excluding carboxylic acids is 1. The first-order chi connectivity index (χ1) is 15.9. The van der Waals surface area contributed by atoms with Crippen molar-refractivity contribution < 1.29 is 13.9 Å². The highest BCUT2D eigenvalue weighted by Crippen LogP contribution is 2.34. The topological polar surface area (TPSA) is 64.4 Å². The maximum absolute atomic E-state index is 13.0. The number of oxazole rings is 1. The third-order valence-electron chi connectivity index (χ3n) is 5.43. The minimum absolute atomic E-state index is 0.266. The molecule has 0 aliphatic carbocycles. The molecule has 0 aliphatic heterocycles. The molecule has 1 aromatic heterocycles. The van der Waals surface area contributed by atoms with Crippen molar-refractivity contribution in [2.24, 2.45) is 0 Å². The quantitative estimate of drug-likeness (QED) is 0.242. The zero-order valence-electron chi connectivity index (χ0n) is 17.8. The summed E-state index contributed by atoms with van der Waals surface area (Å²) in [5, 5.41) is 5.07. The second-order valence-electron chi connectivity index (χ2n) is 7.60. The number of rotatable bonds is 4. The number of hydrogen-bond donors (Lipinski definition) is 1. The summed E-state index contributed by atoms with van der Waals surface area (Å²) >= 11 is 7.05. The van der Waals surface area contributed by atoms with E-state index in [0.29, 0.717) is 34.0 Å². The Kier molecular flexibility index (Phi) is 5.68. The molecule has 0 saturated carbocycles. The van der Waals surface area contributed by atoms with Crippen molar-refractivity contribution in [3.05, 3.63) is 86.8 Å². The molecule has 164 valence electrons. The Hall–Kier alpha value is -3.16. The summed E-state index contributed by atoms with van der Waals surface area (Å²) in [6, 6.07) is 21.1. The van der Waals surface area contributed by atoms with Gasteiger partial charge in [0.15, 0.2) is 5.58 Å². The number of amides is 1. The van der Waals surface area contributed by atoms with Crippen LogP contribution >= 0.6 is 31.9 Å². The molecule has 4 aromatic carbocycles. The van der Waals surface area contributed by atoms with Crippen molar-refractivity contribution in [3.8, 4) is 17.2 Å². The van der Waals surface area contributed by atoms with Gasteiger partial charge in [0.2, 0.25) is 5.89 Å². The molecule has 0 aliphatic rings. The van der Waals surface area contributed by atoms with Gasteiger partial charge in [-0.15, -0.1) is 0 Å². The summed E-state index contributed by atoms with van der Waals surface area (Å²) in [7, 11) is 1.56. The Labute approximate surface area is 207 Å². The van der Waals surface area contributed by atoms with E-state index in [1.54, 1.807) is 25.3 Å². The van der Waals surface area contributed by atoms with Crippen molar-refractivity contribution >= 4 is 65.3 Å². The molecule has 5 rings (SSSR count).